The lowest BCUT2D eigenvalue weighted by atomic mass is 10.5. The minimum atomic E-state index is 0.336. The van der Waals surface area contributed by atoms with Crippen LogP contribution in [-0.4, -0.2) is 29.0 Å². The summed E-state index contributed by atoms with van der Waals surface area (Å²) in [5, 5.41) is 5.17. The zero-order valence-electron chi connectivity index (χ0n) is 10.2. The van der Waals surface area contributed by atoms with Crippen molar-refractivity contribution in [2.24, 2.45) is 5.84 Å². The van der Waals surface area contributed by atoms with Crippen molar-refractivity contribution in [3.63, 3.8) is 0 Å². The Balaban J connectivity index is 2.13. The number of nitrogen functional groups attached to an aromatic ring is 1. The topological polar surface area (TPSA) is 92.0 Å². The van der Waals surface area contributed by atoms with Crippen LogP contribution in [0.1, 0.15) is 4.88 Å². The molecule has 0 fully saturated rings. The molecule has 0 aliphatic rings. The summed E-state index contributed by atoms with van der Waals surface area (Å²) in [6.07, 6.45) is 0. The van der Waals surface area contributed by atoms with Crippen LogP contribution in [0.25, 0.3) is 0 Å². The van der Waals surface area contributed by atoms with Crippen molar-refractivity contribution in [3.05, 3.63) is 22.4 Å². The van der Waals surface area contributed by atoms with E-state index in [-0.39, 0.29) is 0 Å². The van der Waals surface area contributed by atoms with Gasteiger partial charge in [0.05, 0.1) is 6.54 Å². The van der Waals surface area contributed by atoms with E-state index in [0.717, 1.165) is 0 Å². The van der Waals surface area contributed by atoms with Crippen LogP contribution in [0.3, 0.4) is 0 Å². The van der Waals surface area contributed by atoms with Gasteiger partial charge in [-0.25, -0.2) is 5.84 Å². The second-order valence-electron chi connectivity index (χ2n) is 3.75. The quantitative estimate of drug-likeness (QED) is 0.546. The number of nitrogens with one attached hydrogen (secondary N) is 2. The van der Waals surface area contributed by atoms with Crippen LogP contribution in [0.4, 0.5) is 17.8 Å². The van der Waals surface area contributed by atoms with Crippen LogP contribution in [-0.2, 0) is 6.54 Å². The van der Waals surface area contributed by atoms with Crippen molar-refractivity contribution in [3.8, 4) is 0 Å². The zero-order valence-corrected chi connectivity index (χ0v) is 11.0. The van der Waals surface area contributed by atoms with Crippen molar-refractivity contribution >= 4 is 29.2 Å². The summed E-state index contributed by atoms with van der Waals surface area (Å²) in [5.74, 6) is 6.71. The Morgan fingerprint density at radius 3 is 2.67 bits per heavy atom. The van der Waals surface area contributed by atoms with Crippen LogP contribution in [0.5, 0.6) is 0 Å². The Hall–Kier alpha value is -1.93. The van der Waals surface area contributed by atoms with Gasteiger partial charge in [0, 0.05) is 19.0 Å². The monoisotopic (exact) mass is 265 g/mol. The molecule has 8 heteroatoms. The van der Waals surface area contributed by atoms with Gasteiger partial charge in [-0.2, -0.15) is 15.0 Å². The molecule has 0 aliphatic heterocycles. The first-order valence-corrected chi connectivity index (χ1v) is 6.23. The van der Waals surface area contributed by atoms with Crippen molar-refractivity contribution < 1.29 is 0 Å². The molecular formula is C10H15N7S. The van der Waals surface area contributed by atoms with E-state index in [2.05, 4.69) is 25.7 Å². The molecule has 0 radical (unpaired) electrons. The van der Waals surface area contributed by atoms with E-state index >= 15 is 0 Å². The van der Waals surface area contributed by atoms with Crippen LogP contribution in [0, 0.1) is 0 Å². The summed E-state index contributed by atoms with van der Waals surface area (Å²) in [6.45, 7) is 0.679. The van der Waals surface area contributed by atoms with Crippen molar-refractivity contribution in [2.45, 2.75) is 6.54 Å². The second kappa shape index (κ2) is 5.61. The van der Waals surface area contributed by atoms with Crippen molar-refractivity contribution in [2.75, 3.05) is 29.7 Å². The summed E-state index contributed by atoms with van der Waals surface area (Å²) < 4.78 is 0. The molecule has 4 N–H and O–H groups in total. The number of hydrazine groups is 1. The Kier molecular flexibility index (Phi) is 3.90. The van der Waals surface area contributed by atoms with E-state index < -0.39 is 0 Å². The number of hydrogen-bond acceptors (Lipinski definition) is 8. The fourth-order valence-electron chi connectivity index (χ4n) is 1.29. The second-order valence-corrected chi connectivity index (χ2v) is 4.79. The van der Waals surface area contributed by atoms with Crippen molar-refractivity contribution in [1.82, 2.24) is 15.0 Å². The van der Waals surface area contributed by atoms with Gasteiger partial charge in [-0.3, -0.25) is 5.43 Å². The lowest BCUT2D eigenvalue weighted by molar-refractivity contribution is 0.941. The molecular weight excluding hydrogens is 250 g/mol. The minimum Gasteiger partial charge on any atom is -0.349 e. The van der Waals surface area contributed by atoms with Gasteiger partial charge in [-0.15, -0.1) is 11.3 Å². The molecule has 7 nitrogen and oxygen atoms in total. The molecule has 2 rings (SSSR count). The summed E-state index contributed by atoms with van der Waals surface area (Å²) in [6, 6.07) is 4.06. The lowest BCUT2D eigenvalue weighted by Crippen LogP contribution is -2.18. The number of thiophene rings is 1. The highest BCUT2D eigenvalue weighted by Crippen LogP contribution is 2.13. The number of aromatic nitrogens is 3. The maximum absolute atomic E-state index is 5.33. The fraction of sp³-hybridized carbons (Fsp3) is 0.300. The van der Waals surface area contributed by atoms with Gasteiger partial charge >= 0.3 is 0 Å². The fourth-order valence-corrected chi connectivity index (χ4v) is 1.93. The molecule has 0 aliphatic carbocycles. The molecule has 0 spiro atoms. The SMILES string of the molecule is CN(C)c1nc(NN)nc(NCc2cccs2)n1. The maximum atomic E-state index is 5.33. The van der Waals surface area contributed by atoms with Crippen LogP contribution < -0.4 is 21.5 Å². The minimum absolute atomic E-state index is 0.336. The molecule has 0 amide bonds. The highest BCUT2D eigenvalue weighted by atomic mass is 32.1. The molecule has 2 aromatic rings. The highest BCUT2D eigenvalue weighted by molar-refractivity contribution is 7.09. The molecule has 0 atom stereocenters. The van der Waals surface area contributed by atoms with Gasteiger partial charge in [0.25, 0.3) is 0 Å². The predicted molar refractivity (Wildman–Crippen MR) is 73.6 cm³/mol. The first-order valence-electron chi connectivity index (χ1n) is 5.35. The molecule has 0 saturated carbocycles. The largest absolute Gasteiger partial charge is 0.349 e. The third-order valence-corrected chi connectivity index (χ3v) is 3.03. The predicted octanol–water partition coefficient (Wildman–Crippen LogP) is 0.897. The molecule has 0 aromatic carbocycles. The normalized spacial score (nSPS) is 10.2. The van der Waals surface area contributed by atoms with Gasteiger partial charge in [0.2, 0.25) is 17.8 Å². The smallest absolute Gasteiger partial charge is 0.243 e. The average Bonchev–Trinajstić information content (AvgIpc) is 2.89. The van der Waals surface area contributed by atoms with Crippen LogP contribution in [0.2, 0.25) is 0 Å². The Bertz CT molecular complexity index is 497. The van der Waals surface area contributed by atoms with Gasteiger partial charge in [0.1, 0.15) is 0 Å². The van der Waals surface area contributed by atoms with Gasteiger partial charge in [-0.05, 0) is 11.4 Å². The Labute approximate surface area is 109 Å². The van der Waals surface area contributed by atoms with E-state index in [1.807, 2.05) is 31.6 Å². The molecule has 96 valence electrons. The number of hydrogen-bond donors (Lipinski definition) is 3. The number of anilines is 3. The summed E-state index contributed by atoms with van der Waals surface area (Å²) in [4.78, 5) is 15.6. The van der Waals surface area contributed by atoms with Crippen molar-refractivity contribution in [1.29, 1.82) is 0 Å². The van der Waals surface area contributed by atoms with Gasteiger partial charge in [-0.1, -0.05) is 6.07 Å². The van der Waals surface area contributed by atoms with Crippen LogP contribution in [0.15, 0.2) is 17.5 Å². The first kappa shape index (κ1) is 12.5. The number of nitrogens with zero attached hydrogens (tertiary/aromatic N) is 4. The van der Waals surface area contributed by atoms with E-state index in [9.17, 15) is 0 Å². The standard InChI is InChI=1S/C10H15N7S/c1-17(2)10-14-8(13-9(15-10)16-11)12-6-7-4-3-5-18-7/h3-5H,6,11H2,1-2H3,(H2,12,13,14,15,16). The molecule has 0 saturated heterocycles. The zero-order chi connectivity index (χ0) is 13.0. The summed E-state index contributed by atoms with van der Waals surface area (Å²) >= 11 is 1.68. The van der Waals surface area contributed by atoms with Crippen LogP contribution >= 0.6 is 11.3 Å². The Morgan fingerprint density at radius 2 is 2.06 bits per heavy atom. The summed E-state index contributed by atoms with van der Waals surface area (Å²) in [7, 11) is 3.72. The third kappa shape index (κ3) is 3.05. The maximum Gasteiger partial charge on any atom is 0.243 e. The van der Waals surface area contributed by atoms with E-state index in [1.54, 1.807) is 16.2 Å². The van der Waals surface area contributed by atoms with E-state index in [4.69, 9.17) is 5.84 Å². The van der Waals surface area contributed by atoms with E-state index in [0.29, 0.717) is 24.4 Å². The molecule has 0 unspecified atom stereocenters. The van der Waals surface area contributed by atoms with Gasteiger partial charge < -0.3 is 10.2 Å². The molecule has 2 aromatic heterocycles. The third-order valence-electron chi connectivity index (χ3n) is 2.15. The average molecular weight is 265 g/mol. The lowest BCUT2D eigenvalue weighted by Gasteiger charge is -2.12. The number of nitrogens with two attached hydrogens (primary N) is 1. The Morgan fingerprint density at radius 1 is 1.28 bits per heavy atom. The first-order chi connectivity index (χ1) is 8.69. The molecule has 2 heterocycles. The van der Waals surface area contributed by atoms with Gasteiger partial charge in [0.15, 0.2) is 0 Å². The molecule has 18 heavy (non-hydrogen) atoms. The van der Waals surface area contributed by atoms with E-state index in [1.165, 1.54) is 4.88 Å². The summed E-state index contributed by atoms with van der Waals surface area (Å²) in [5.41, 5.74) is 2.43. The number of rotatable bonds is 5. The molecule has 0 bridgehead atoms. The highest BCUT2D eigenvalue weighted by Gasteiger charge is 2.07.